The van der Waals surface area contributed by atoms with Crippen molar-refractivity contribution in [3.63, 3.8) is 0 Å². The molecule has 6 aromatic rings. The highest BCUT2D eigenvalue weighted by atomic mass is 32.1. The molecule has 0 aliphatic heterocycles. The molecule has 0 aliphatic rings. The number of hydrogen-bond acceptors (Lipinski definition) is 6. The second-order valence-electron chi connectivity index (χ2n) is 17.1. The minimum atomic E-state index is 0.118. The van der Waals surface area contributed by atoms with E-state index in [-0.39, 0.29) is 5.41 Å². The molecule has 0 amide bonds. The molecule has 0 aliphatic carbocycles. The summed E-state index contributed by atoms with van der Waals surface area (Å²) in [6.45, 7) is 21.4. The number of nitrogens with zero attached hydrogens (tertiary/aromatic N) is 2. The van der Waals surface area contributed by atoms with Crippen molar-refractivity contribution in [1.29, 1.82) is 0 Å². The molecule has 0 spiro atoms. The van der Waals surface area contributed by atoms with Crippen LogP contribution in [-0.2, 0) is 5.41 Å². The van der Waals surface area contributed by atoms with Crippen LogP contribution in [0.3, 0.4) is 0 Å². The van der Waals surface area contributed by atoms with E-state index in [0.29, 0.717) is 17.8 Å². The third-order valence-electron chi connectivity index (χ3n) is 11.7. The normalized spacial score (nSPS) is 14.5. The van der Waals surface area contributed by atoms with Gasteiger partial charge in [-0.05, 0) is 59.3 Å². The SMILES string of the molecule is CCCCCCCCC(C)C(c1cc2c3cc(-c4ccc(C(C)C)c5nsnc45)sc3c3sc(C(C)(C)C)cc3c2s1)C(CC)CCCCCCC. The van der Waals surface area contributed by atoms with E-state index < -0.39 is 0 Å². The smallest absolute Gasteiger partial charge is 0.113 e. The highest BCUT2D eigenvalue weighted by molar-refractivity contribution is 7.30. The Hall–Kier alpha value is -1.86. The van der Waals surface area contributed by atoms with E-state index in [1.165, 1.54) is 153 Å². The summed E-state index contributed by atoms with van der Waals surface area (Å²) in [5, 5.41) is 4.39. The van der Waals surface area contributed by atoms with Crippen molar-refractivity contribution >= 4 is 87.0 Å². The van der Waals surface area contributed by atoms with Gasteiger partial charge in [0.05, 0.1) is 21.1 Å². The topological polar surface area (TPSA) is 25.8 Å². The van der Waals surface area contributed by atoms with Crippen molar-refractivity contribution in [2.45, 2.75) is 169 Å². The molecule has 282 valence electrons. The Morgan fingerprint density at radius 1 is 0.635 bits per heavy atom. The predicted octanol–water partition coefficient (Wildman–Crippen LogP) is 17.3. The van der Waals surface area contributed by atoms with Crippen LogP contribution in [0.5, 0.6) is 0 Å². The zero-order chi connectivity index (χ0) is 37.0. The van der Waals surface area contributed by atoms with Crippen LogP contribution in [-0.4, -0.2) is 8.75 Å². The minimum Gasteiger partial charge on any atom is -0.173 e. The number of rotatable bonds is 19. The van der Waals surface area contributed by atoms with Crippen molar-refractivity contribution in [1.82, 2.24) is 8.75 Å². The monoisotopic (exact) mass is 772 g/mol. The molecule has 4 aromatic heterocycles. The Kier molecular flexibility index (Phi) is 13.6. The molecule has 0 radical (unpaired) electrons. The van der Waals surface area contributed by atoms with Crippen molar-refractivity contribution in [3.8, 4) is 10.4 Å². The third kappa shape index (κ3) is 8.51. The molecular weight excluding hydrogens is 709 g/mol. The van der Waals surface area contributed by atoms with E-state index in [9.17, 15) is 0 Å². The van der Waals surface area contributed by atoms with Crippen molar-refractivity contribution in [2.24, 2.45) is 11.8 Å². The summed E-state index contributed by atoms with van der Waals surface area (Å²) in [7, 11) is 0. The first-order valence-corrected chi connectivity index (χ1v) is 23.9. The summed E-state index contributed by atoms with van der Waals surface area (Å²) in [6, 6.07) is 12.4. The van der Waals surface area contributed by atoms with Gasteiger partial charge in [0, 0.05) is 41.1 Å². The van der Waals surface area contributed by atoms with Gasteiger partial charge in [0.2, 0.25) is 0 Å². The summed E-state index contributed by atoms with van der Waals surface area (Å²) in [5.41, 5.74) is 4.80. The molecule has 2 aromatic carbocycles. The molecule has 3 atom stereocenters. The van der Waals surface area contributed by atoms with Gasteiger partial charge in [0.25, 0.3) is 0 Å². The lowest BCUT2D eigenvalue weighted by molar-refractivity contribution is 0.279. The third-order valence-corrected chi connectivity index (χ3v) is 16.4. The molecule has 0 fully saturated rings. The maximum Gasteiger partial charge on any atom is 0.113 e. The van der Waals surface area contributed by atoms with Gasteiger partial charge >= 0.3 is 0 Å². The van der Waals surface area contributed by atoms with Crippen LogP contribution in [0.4, 0.5) is 0 Å². The van der Waals surface area contributed by atoms with Gasteiger partial charge in [0.1, 0.15) is 11.0 Å². The molecule has 0 saturated heterocycles. The molecule has 52 heavy (non-hydrogen) atoms. The fraction of sp³-hybridized carbons (Fsp3) is 0.609. The minimum absolute atomic E-state index is 0.118. The fourth-order valence-electron chi connectivity index (χ4n) is 8.57. The Balaban J connectivity index is 1.47. The number of unbranched alkanes of at least 4 members (excludes halogenated alkanes) is 9. The molecule has 4 heterocycles. The number of hydrogen-bond donors (Lipinski definition) is 0. The van der Waals surface area contributed by atoms with E-state index >= 15 is 0 Å². The quantitative estimate of drug-likeness (QED) is 0.0766. The molecule has 3 unspecified atom stereocenters. The Labute approximate surface area is 331 Å². The number of aromatic nitrogens is 2. The average Bonchev–Trinajstić information content (AvgIpc) is 3.93. The Bertz CT molecular complexity index is 2050. The first kappa shape index (κ1) is 39.8. The van der Waals surface area contributed by atoms with E-state index in [0.717, 1.165) is 17.0 Å². The summed E-state index contributed by atoms with van der Waals surface area (Å²) < 4.78 is 14.1. The summed E-state index contributed by atoms with van der Waals surface area (Å²) in [6.07, 6.45) is 19.1. The number of thiophene rings is 3. The number of fused-ring (bicyclic) bond motifs is 7. The summed E-state index contributed by atoms with van der Waals surface area (Å²) in [4.78, 5) is 4.45. The van der Waals surface area contributed by atoms with Gasteiger partial charge in [-0.2, -0.15) is 8.75 Å². The van der Waals surface area contributed by atoms with Crippen LogP contribution >= 0.6 is 45.7 Å². The highest BCUT2D eigenvalue weighted by Crippen LogP contribution is 2.52. The highest BCUT2D eigenvalue weighted by Gasteiger charge is 2.30. The summed E-state index contributed by atoms with van der Waals surface area (Å²) >= 11 is 7.51. The van der Waals surface area contributed by atoms with Crippen LogP contribution in [0.25, 0.3) is 51.7 Å². The second kappa shape index (κ2) is 17.7. The van der Waals surface area contributed by atoms with Crippen LogP contribution in [0, 0.1) is 11.8 Å². The lowest BCUT2D eigenvalue weighted by atomic mass is 9.75. The van der Waals surface area contributed by atoms with Crippen LogP contribution in [0.2, 0.25) is 0 Å². The first-order valence-electron chi connectivity index (χ1n) is 20.8. The number of benzene rings is 2. The van der Waals surface area contributed by atoms with Crippen molar-refractivity contribution in [3.05, 3.63) is 45.6 Å². The Morgan fingerprint density at radius 3 is 1.94 bits per heavy atom. The largest absolute Gasteiger partial charge is 0.173 e. The van der Waals surface area contributed by atoms with E-state index in [1.54, 1.807) is 4.88 Å². The van der Waals surface area contributed by atoms with Crippen molar-refractivity contribution < 1.29 is 0 Å². The molecule has 0 saturated carbocycles. The summed E-state index contributed by atoms with van der Waals surface area (Å²) in [5.74, 6) is 2.48. The van der Waals surface area contributed by atoms with Gasteiger partial charge in [-0.25, -0.2) is 0 Å². The molecule has 0 bridgehead atoms. The molecule has 0 N–H and O–H groups in total. The van der Waals surface area contributed by atoms with E-state index in [1.807, 2.05) is 22.7 Å². The standard InChI is InChI=1S/C46H64N2S4/c1-10-13-15-17-19-20-22-30(6)40(31(12-3)23-21-18-16-14-11-2)38-27-34-35-26-37(33-25-24-32(29(4)5)41-42(33)48-52-47-41)49-44(35)45-36(43(34)50-38)28-39(51-45)46(7,8)9/h24-31,40H,10-23H2,1-9H3. The van der Waals surface area contributed by atoms with Crippen LogP contribution in [0.1, 0.15) is 179 Å². The molecule has 2 nitrogen and oxygen atoms in total. The molecular formula is C46H64N2S4. The van der Waals surface area contributed by atoms with Crippen LogP contribution < -0.4 is 0 Å². The van der Waals surface area contributed by atoms with Gasteiger partial charge in [-0.15, -0.1) is 34.0 Å². The van der Waals surface area contributed by atoms with Gasteiger partial charge in [-0.3, -0.25) is 0 Å². The van der Waals surface area contributed by atoms with Crippen molar-refractivity contribution in [2.75, 3.05) is 0 Å². The molecule has 6 heteroatoms. The maximum absolute atomic E-state index is 4.87. The first-order chi connectivity index (χ1) is 25.1. The van der Waals surface area contributed by atoms with Crippen LogP contribution in [0.15, 0.2) is 30.3 Å². The lowest BCUT2D eigenvalue weighted by Gasteiger charge is -2.31. The molecule has 6 rings (SSSR count). The average molecular weight is 773 g/mol. The van der Waals surface area contributed by atoms with E-state index in [2.05, 4.69) is 104 Å². The second-order valence-corrected chi connectivity index (χ2v) is 20.8. The zero-order valence-electron chi connectivity index (χ0n) is 33.6. The fourth-order valence-corrected chi connectivity index (χ4v) is 13.3. The van der Waals surface area contributed by atoms with Gasteiger partial charge in [-0.1, -0.05) is 158 Å². The zero-order valence-corrected chi connectivity index (χ0v) is 36.9. The van der Waals surface area contributed by atoms with Gasteiger partial charge in [0.15, 0.2) is 0 Å². The maximum atomic E-state index is 4.87. The predicted molar refractivity (Wildman–Crippen MR) is 239 cm³/mol. The van der Waals surface area contributed by atoms with E-state index in [4.69, 9.17) is 8.75 Å². The lowest BCUT2D eigenvalue weighted by Crippen LogP contribution is -2.19. The van der Waals surface area contributed by atoms with Gasteiger partial charge < -0.3 is 0 Å². The Morgan fingerprint density at radius 2 is 1.27 bits per heavy atom.